The first-order chi connectivity index (χ1) is 9.24. The Morgan fingerprint density at radius 2 is 1.89 bits per heavy atom. The smallest absolute Gasteiger partial charge is 0.287 e. The molecule has 0 aliphatic heterocycles. The zero-order valence-electron chi connectivity index (χ0n) is 10.4. The summed E-state index contributed by atoms with van der Waals surface area (Å²) in [5.41, 5.74) is 0. The summed E-state index contributed by atoms with van der Waals surface area (Å²) in [6.45, 7) is 0.701. The van der Waals surface area contributed by atoms with Gasteiger partial charge in [0.2, 0.25) is 12.2 Å². The standard InChI is InChI=1S/C13H16N2O4/c16-10-14-7-6-12(17)13(18)15-8-9-19-11-4-2-1-3-5-11/h1-5,10H,6-9H2,(H,14,16)(H,15,18). The summed E-state index contributed by atoms with van der Waals surface area (Å²) in [6, 6.07) is 9.17. The van der Waals surface area contributed by atoms with Crippen molar-refractivity contribution in [3.63, 3.8) is 0 Å². The number of nitrogens with one attached hydrogen (secondary N) is 2. The minimum absolute atomic E-state index is 0.00981. The van der Waals surface area contributed by atoms with Crippen LogP contribution in [0.3, 0.4) is 0 Å². The lowest BCUT2D eigenvalue weighted by Gasteiger charge is -2.07. The molecule has 1 aromatic carbocycles. The van der Waals surface area contributed by atoms with Crippen LogP contribution >= 0.6 is 0 Å². The summed E-state index contributed by atoms with van der Waals surface area (Å²) >= 11 is 0. The van der Waals surface area contributed by atoms with Crippen molar-refractivity contribution in [2.75, 3.05) is 19.7 Å². The number of Topliss-reactive ketones (excluding diaryl/α,β-unsaturated/α-hetero) is 1. The maximum atomic E-state index is 11.3. The van der Waals surface area contributed by atoms with Gasteiger partial charge in [-0.05, 0) is 12.1 Å². The topological polar surface area (TPSA) is 84.5 Å². The fourth-order valence-corrected chi connectivity index (χ4v) is 1.31. The molecular formula is C13H16N2O4. The molecule has 0 saturated heterocycles. The zero-order chi connectivity index (χ0) is 13.9. The number of carbonyl (C=O) groups excluding carboxylic acids is 3. The highest BCUT2D eigenvalue weighted by Gasteiger charge is 2.11. The highest BCUT2D eigenvalue weighted by molar-refractivity contribution is 6.36. The van der Waals surface area contributed by atoms with Gasteiger partial charge in [0.25, 0.3) is 5.91 Å². The molecule has 0 aromatic heterocycles. The largest absolute Gasteiger partial charge is 0.492 e. The Labute approximate surface area is 111 Å². The second-order valence-corrected chi connectivity index (χ2v) is 3.66. The van der Waals surface area contributed by atoms with Crippen LogP contribution in [0.25, 0.3) is 0 Å². The molecular weight excluding hydrogens is 248 g/mol. The predicted octanol–water partition coefficient (Wildman–Crippen LogP) is -0.113. The molecule has 102 valence electrons. The summed E-state index contributed by atoms with van der Waals surface area (Å²) in [6.07, 6.45) is 0.475. The highest BCUT2D eigenvalue weighted by Crippen LogP contribution is 2.07. The van der Waals surface area contributed by atoms with E-state index in [4.69, 9.17) is 4.74 Å². The molecule has 0 heterocycles. The molecule has 0 bridgehead atoms. The Bertz CT molecular complexity index is 420. The molecule has 0 saturated carbocycles. The highest BCUT2D eigenvalue weighted by atomic mass is 16.5. The number of ether oxygens (including phenoxy) is 1. The molecule has 6 nitrogen and oxygen atoms in total. The van der Waals surface area contributed by atoms with Crippen LogP contribution in [-0.4, -0.2) is 37.8 Å². The number of benzene rings is 1. The van der Waals surface area contributed by atoms with Crippen molar-refractivity contribution >= 4 is 18.1 Å². The molecule has 0 atom stereocenters. The third-order valence-corrected chi connectivity index (χ3v) is 2.23. The Kier molecular flexibility index (Phi) is 6.71. The van der Waals surface area contributed by atoms with Crippen LogP contribution in [-0.2, 0) is 14.4 Å². The molecule has 0 aliphatic carbocycles. The van der Waals surface area contributed by atoms with Gasteiger partial charge >= 0.3 is 0 Å². The number of para-hydroxylation sites is 1. The van der Waals surface area contributed by atoms with Gasteiger partial charge in [0, 0.05) is 13.0 Å². The average molecular weight is 264 g/mol. The normalized spacial score (nSPS) is 9.47. The quantitative estimate of drug-likeness (QED) is 0.370. The molecule has 0 fully saturated rings. The number of amides is 2. The van der Waals surface area contributed by atoms with Crippen molar-refractivity contribution in [3.05, 3.63) is 30.3 Å². The number of hydrogen-bond donors (Lipinski definition) is 2. The van der Waals surface area contributed by atoms with E-state index in [1.165, 1.54) is 0 Å². The fourth-order valence-electron chi connectivity index (χ4n) is 1.31. The lowest BCUT2D eigenvalue weighted by Crippen LogP contribution is -2.35. The predicted molar refractivity (Wildman–Crippen MR) is 68.6 cm³/mol. The first-order valence-electron chi connectivity index (χ1n) is 5.90. The molecule has 0 radical (unpaired) electrons. The van der Waals surface area contributed by atoms with E-state index in [9.17, 15) is 14.4 Å². The van der Waals surface area contributed by atoms with Crippen molar-refractivity contribution in [3.8, 4) is 5.75 Å². The number of ketones is 1. The van der Waals surface area contributed by atoms with E-state index >= 15 is 0 Å². The van der Waals surface area contributed by atoms with E-state index in [-0.39, 0.29) is 26.1 Å². The summed E-state index contributed by atoms with van der Waals surface area (Å²) in [5.74, 6) is -0.517. The van der Waals surface area contributed by atoms with E-state index in [2.05, 4.69) is 10.6 Å². The van der Waals surface area contributed by atoms with Crippen molar-refractivity contribution in [2.24, 2.45) is 0 Å². The Morgan fingerprint density at radius 1 is 1.16 bits per heavy atom. The molecule has 0 aliphatic rings. The van der Waals surface area contributed by atoms with Crippen LogP contribution in [0.2, 0.25) is 0 Å². The van der Waals surface area contributed by atoms with Crippen molar-refractivity contribution in [1.29, 1.82) is 0 Å². The van der Waals surface area contributed by atoms with Gasteiger partial charge < -0.3 is 15.4 Å². The Morgan fingerprint density at radius 3 is 2.58 bits per heavy atom. The second-order valence-electron chi connectivity index (χ2n) is 3.66. The van der Waals surface area contributed by atoms with Gasteiger partial charge in [-0.25, -0.2) is 0 Å². The minimum Gasteiger partial charge on any atom is -0.492 e. The summed E-state index contributed by atoms with van der Waals surface area (Å²) in [5, 5.41) is 4.77. The average Bonchev–Trinajstić information content (AvgIpc) is 2.44. The van der Waals surface area contributed by atoms with Gasteiger partial charge in [0.15, 0.2) is 0 Å². The Balaban J connectivity index is 2.13. The fraction of sp³-hybridized carbons (Fsp3) is 0.308. The molecule has 0 spiro atoms. The third-order valence-electron chi connectivity index (χ3n) is 2.23. The summed E-state index contributed by atoms with van der Waals surface area (Å²) < 4.78 is 5.35. The van der Waals surface area contributed by atoms with E-state index in [1.807, 2.05) is 18.2 Å². The molecule has 1 rings (SSSR count). The molecule has 19 heavy (non-hydrogen) atoms. The summed E-state index contributed by atoms with van der Waals surface area (Å²) in [4.78, 5) is 32.6. The lowest BCUT2D eigenvalue weighted by atomic mass is 10.2. The Hall–Kier alpha value is -2.37. The monoisotopic (exact) mass is 264 g/mol. The van der Waals surface area contributed by atoms with E-state index in [0.717, 1.165) is 0 Å². The molecule has 2 N–H and O–H groups in total. The van der Waals surface area contributed by atoms with Gasteiger partial charge in [-0.3, -0.25) is 14.4 Å². The van der Waals surface area contributed by atoms with Crippen molar-refractivity contribution < 1.29 is 19.1 Å². The van der Waals surface area contributed by atoms with E-state index in [1.54, 1.807) is 12.1 Å². The van der Waals surface area contributed by atoms with Crippen molar-refractivity contribution in [1.82, 2.24) is 10.6 Å². The van der Waals surface area contributed by atoms with Crippen LogP contribution in [0.4, 0.5) is 0 Å². The second kappa shape index (κ2) is 8.68. The van der Waals surface area contributed by atoms with Gasteiger partial charge in [0.1, 0.15) is 12.4 Å². The first kappa shape index (κ1) is 14.7. The van der Waals surface area contributed by atoms with Crippen LogP contribution in [0.5, 0.6) is 5.75 Å². The summed E-state index contributed by atoms with van der Waals surface area (Å²) in [7, 11) is 0. The molecule has 0 unspecified atom stereocenters. The van der Waals surface area contributed by atoms with Gasteiger partial charge in [-0.2, -0.15) is 0 Å². The van der Waals surface area contributed by atoms with Gasteiger partial charge in [-0.1, -0.05) is 18.2 Å². The maximum absolute atomic E-state index is 11.3. The SMILES string of the molecule is O=CNCCC(=O)C(=O)NCCOc1ccccc1. The number of carbonyl (C=O) groups is 3. The third kappa shape index (κ3) is 6.21. The van der Waals surface area contributed by atoms with E-state index < -0.39 is 11.7 Å². The molecule has 6 heteroatoms. The maximum Gasteiger partial charge on any atom is 0.287 e. The van der Waals surface area contributed by atoms with Crippen LogP contribution in [0.15, 0.2) is 30.3 Å². The number of rotatable bonds is 9. The van der Waals surface area contributed by atoms with E-state index in [0.29, 0.717) is 12.2 Å². The van der Waals surface area contributed by atoms with Crippen LogP contribution < -0.4 is 15.4 Å². The zero-order valence-corrected chi connectivity index (χ0v) is 10.4. The molecule has 2 amide bonds. The molecule has 1 aromatic rings. The number of hydrogen-bond acceptors (Lipinski definition) is 4. The van der Waals surface area contributed by atoms with Gasteiger partial charge in [-0.15, -0.1) is 0 Å². The first-order valence-corrected chi connectivity index (χ1v) is 5.90. The van der Waals surface area contributed by atoms with Crippen LogP contribution in [0.1, 0.15) is 6.42 Å². The van der Waals surface area contributed by atoms with Gasteiger partial charge in [0.05, 0.1) is 6.54 Å². The van der Waals surface area contributed by atoms with Crippen molar-refractivity contribution in [2.45, 2.75) is 6.42 Å². The minimum atomic E-state index is -0.663. The van der Waals surface area contributed by atoms with Crippen LogP contribution in [0, 0.1) is 0 Å². The lowest BCUT2D eigenvalue weighted by molar-refractivity contribution is -0.137.